The van der Waals surface area contributed by atoms with Gasteiger partial charge < -0.3 is 15.3 Å². The highest BCUT2D eigenvalue weighted by Crippen LogP contribution is 2.26. The largest absolute Gasteiger partial charge is 0.387 e. The van der Waals surface area contributed by atoms with Crippen molar-refractivity contribution in [2.24, 2.45) is 0 Å². The van der Waals surface area contributed by atoms with Crippen LogP contribution >= 0.6 is 0 Å². The van der Waals surface area contributed by atoms with Crippen LogP contribution in [0.25, 0.3) is 5.65 Å². The molecule has 0 radical (unpaired) electrons. The number of nitrogens with one attached hydrogen (secondary N) is 1. The average molecular weight is 379 g/mol. The minimum atomic E-state index is -0.724. The van der Waals surface area contributed by atoms with Crippen molar-refractivity contribution in [2.45, 2.75) is 44.2 Å². The number of aliphatic hydroxyl groups is 1. The second kappa shape index (κ2) is 8.39. The maximum Gasteiger partial charge on any atom is 0.322 e. The number of fused-ring (bicyclic) bond motifs is 1. The molecule has 1 atom stereocenters. The summed E-state index contributed by atoms with van der Waals surface area (Å²) in [4.78, 5) is 15.0. The van der Waals surface area contributed by atoms with E-state index in [-0.39, 0.29) is 18.6 Å². The van der Waals surface area contributed by atoms with E-state index in [9.17, 15) is 9.90 Å². The van der Waals surface area contributed by atoms with Gasteiger partial charge in [-0.2, -0.15) is 0 Å². The van der Waals surface area contributed by atoms with Gasteiger partial charge >= 0.3 is 6.03 Å². The Labute approximate surface area is 164 Å². The van der Waals surface area contributed by atoms with Crippen LogP contribution in [-0.2, 0) is 0 Å². The van der Waals surface area contributed by atoms with Crippen LogP contribution in [0.3, 0.4) is 0 Å². The van der Waals surface area contributed by atoms with Crippen LogP contribution in [0.1, 0.15) is 43.8 Å². The molecule has 1 saturated carbocycles. The fourth-order valence-electron chi connectivity index (χ4n) is 3.89. The third-order valence-electron chi connectivity index (χ3n) is 5.40. The Hall–Kier alpha value is -2.93. The van der Waals surface area contributed by atoms with Gasteiger partial charge in [0.1, 0.15) is 6.33 Å². The van der Waals surface area contributed by atoms with Crippen LogP contribution < -0.4 is 5.32 Å². The number of hydrogen-bond donors (Lipinski definition) is 2. The van der Waals surface area contributed by atoms with E-state index in [2.05, 4.69) is 15.5 Å². The molecule has 4 rings (SSSR count). The monoisotopic (exact) mass is 379 g/mol. The number of hydrogen-bond acceptors (Lipinski definition) is 4. The van der Waals surface area contributed by atoms with Crippen molar-refractivity contribution in [2.75, 3.05) is 11.9 Å². The molecule has 0 spiro atoms. The first-order valence-electron chi connectivity index (χ1n) is 9.81. The standard InChI is InChI=1S/C21H25N5O2/c27-19(16-8-3-1-4-9-16)14-26(17-10-5-2-6-11-17)21(28)23-18-12-7-13-25-15-22-24-20(18)25/h1,3-4,7-9,12-13,15,17,19,27H,2,5-6,10-11,14H2,(H,23,28)/t19-/m0/s1. The lowest BCUT2D eigenvalue weighted by Crippen LogP contribution is -2.46. The highest BCUT2D eigenvalue weighted by Gasteiger charge is 2.28. The van der Waals surface area contributed by atoms with Crippen LogP contribution in [0.5, 0.6) is 0 Å². The minimum absolute atomic E-state index is 0.129. The summed E-state index contributed by atoms with van der Waals surface area (Å²) in [5.41, 5.74) is 2.03. The minimum Gasteiger partial charge on any atom is -0.387 e. The Morgan fingerprint density at radius 3 is 2.75 bits per heavy atom. The molecule has 0 bridgehead atoms. The van der Waals surface area contributed by atoms with E-state index in [1.807, 2.05) is 48.7 Å². The van der Waals surface area contributed by atoms with Crippen molar-refractivity contribution in [1.29, 1.82) is 0 Å². The van der Waals surface area contributed by atoms with Crippen LogP contribution in [0.15, 0.2) is 55.0 Å². The van der Waals surface area contributed by atoms with Gasteiger partial charge in [-0.25, -0.2) is 4.79 Å². The van der Waals surface area contributed by atoms with Gasteiger partial charge in [0.15, 0.2) is 5.65 Å². The van der Waals surface area contributed by atoms with Crippen LogP contribution in [0.4, 0.5) is 10.5 Å². The van der Waals surface area contributed by atoms with Crippen molar-refractivity contribution >= 4 is 17.4 Å². The molecular formula is C21H25N5O2. The number of anilines is 1. The second-order valence-electron chi connectivity index (χ2n) is 7.28. The van der Waals surface area contributed by atoms with E-state index in [0.29, 0.717) is 11.3 Å². The molecule has 2 heterocycles. The third-order valence-corrected chi connectivity index (χ3v) is 5.40. The van der Waals surface area contributed by atoms with Gasteiger partial charge in [0.25, 0.3) is 0 Å². The highest BCUT2D eigenvalue weighted by atomic mass is 16.3. The molecule has 2 N–H and O–H groups in total. The zero-order valence-electron chi connectivity index (χ0n) is 15.7. The number of rotatable bonds is 5. The summed E-state index contributed by atoms with van der Waals surface area (Å²) in [5.74, 6) is 0. The molecule has 0 unspecified atom stereocenters. The molecule has 146 valence electrons. The molecule has 2 amide bonds. The lowest BCUT2D eigenvalue weighted by Gasteiger charge is -2.35. The topological polar surface area (TPSA) is 82.8 Å². The van der Waals surface area contributed by atoms with E-state index in [1.54, 1.807) is 15.6 Å². The van der Waals surface area contributed by atoms with Gasteiger partial charge in [-0.3, -0.25) is 4.40 Å². The molecule has 1 aliphatic carbocycles. The van der Waals surface area contributed by atoms with Crippen molar-refractivity contribution in [3.8, 4) is 0 Å². The number of aliphatic hydroxyl groups excluding tert-OH is 1. The van der Waals surface area contributed by atoms with Crippen molar-refractivity contribution in [3.63, 3.8) is 0 Å². The first-order valence-corrected chi connectivity index (χ1v) is 9.81. The molecule has 1 aromatic carbocycles. The van der Waals surface area contributed by atoms with Crippen LogP contribution in [0.2, 0.25) is 0 Å². The van der Waals surface area contributed by atoms with Gasteiger partial charge in [-0.05, 0) is 30.5 Å². The molecule has 0 aliphatic heterocycles. The van der Waals surface area contributed by atoms with E-state index in [1.165, 1.54) is 6.42 Å². The quantitative estimate of drug-likeness (QED) is 0.709. The Bertz CT molecular complexity index is 921. The molecule has 7 nitrogen and oxygen atoms in total. The van der Waals surface area contributed by atoms with Gasteiger partial charge in [0, 0.05) is 12.2 Å². The molecule has 2 aromatic heterocycles. The predicted molar refractivity (Wildman–Crippen MR) is 107 cm³/mol. The summed E-state index contributed by atoms with van der Waals surface area (Å²) in [7, 11) is 0. The van der Waals surface area contributed by atoms with Crippen molar-refractivity contribution in [1.82, 2.24) is 19.5 Å². The molecule has 1 fully saturated rings. The van der Waals surface area contributed by atoms with E-state index in [4.69, 9.17) is 0 Å². The molecule has 28 heavy (non-hydrogen) atoms. The number of carbonyl (C=O) groups is 1. The van der Waals surface area contributed by atoms with Gasteiger partial charge in [-0.15, -0.1) is 10.2 Å². The number of carbonyl (C=O) groups excluding carboxylic acids is 1. The predicted octanol–water partition coefficient (Wildman–Crippen LogP) is 3.63. The van der Waals surface area contributed by atoms with Crippen molar-refractivity contribution in [3.05, 3.63) is 60.6 Å². The van der Waals surface area contributed by atoms with Crippen LogP contribution in [-0.4, -0.2) is 43.2 Å². The number of aromatic nitrogens is 3. The van der Waals surface area contributed by atoms with Crippen molar-refractivity contribution < 1.29 is 9.90 Å². The van der Waals surface area contributed by atoms with E-state index >= 15 is 0 Å². The number of nitrogens with zero attached hydrogens (tertiary/aromatic N) is 4. The molecule has 0 saturated heterocycles. The summed E-state index contributed by atoms with van der Waals surface area (Å²) in [6.45, 7) is 0.260. The maximum absolute atomic E-state index is 13.2. The van der Waals surface area contributed by atoms with E-state index in [0.717, 1.165) is 31.2 Å². The lowest BCUT2D eigenvalue weighted by atomic mass is 9.94. The highest BCUT2D eigenvalue weighted by molar-refractivity contribution is 5.93. The smallest absolute Gasteiger partial charge is 0.322 e. The summed E-state index contributed by atoms with van der Waals surface area (Å²) in [6, 6.07) is 13.1. The number of pyridine rings is 1. The SMILES string of the molecule is O=C(Nc1cccn2cnnc12)N(C[C@H](O)c1ccccc1)C1CCCCC1. The number of benzene rings is 1. The number of urea groups is 1. The Morgan fingerprint density at radius 2 is 1.96 bits per heavy atom. The molecule has 1 aliphatic rings. The molecular weight excluding hydrogens is 354 g/mol. The summed E-state index contributed by atoms with van der Waals surface area (Å²) in [6.07, 6.45) is 8.05. The Kier molecular flexibility index (Phi) is 5.53. The normalized spacial score (nSPS) is 16.0. The fourth-order valence-corrected chi connectivity index (χ4v) is 3.89. The lowest BCUT2D eigenvalue weighted by molar-refractivity contribution is 0.0957. The van der Waals surface area contributed by atoms with Gasteiger partial charge in [0.2, 0.25) is 0 Å². The third kappa shape index (κ3) is 3.99. The summed E-state index contributed by atoms with van der Waals surface area (Å²) >= 11 is 0. The van der Waals surface area contributed by atoms with Gasteiger partial charge in [-0.1, -0.05) is 49.6 Å². The fraction of sp³-hybridized carbons (Fsp3) is 0.381. The summed E-state index contributed by atoms with van der Waals surface area (Å²) in [5, 5.41) is 21.7. The maximum atomic E-state index is 13.2. The Balaban J connectivity index is 1.55. The number of amides is 2. The summed E-state index contributed by atoms with van der Waals surface area (Å²) < 4.78 is 1.76. The first kappa shape index (κ1) is 18.4. The van der Waals surface area contributed by atoms with Gasteiger partial charge in [0.05, 0.1) is 18.3 Å². The first-order chi connectivity index (χ1) is 13.7. The molecule has 7 heteroatoms. The zero-order chi connectivity index (χ0) is 19.3. The average Bonchev–Trinajstić information content (AvgIpc) is 3.23. The molecule has 3 aromatic rings. The van der Waals surface area contributed by atoms with Crippen LogP contribution in [0, 0.1) is 0 Å². The van der Waals surface area contributed by atoms with E-state index < -0.39 is 6.10 Å². The Morgan fingerprint density at radius 1 is 1.18 bits per heavy atom. The zero-order valence-corrected chi connectivity index (χ0v) is 15.7. The second-order valence-corrected chi connectivity index (χ2v) is 7.28.